The molecule has 162 valence electrons. The van der Waals surface area contributed by atoms with Crippen molar-refractivity contribution in [1.82, 2.24) is 4.90 Å². The third-order valence-corrected chi connectivity index (χ3v) is 7.44. The Hall–Kier alpha value is -2.57. The zero-order chi connectivity index (χ0) is 21.2. The lowest BCUT2D eigenvalue weighted by Crippen LogP contribution is -2.46. The number of phenolic OH excluding ortho intramolecular Hbond substituents is 1. The predicted octanol–water partition coefficient (Wildman–Crippen LogP) is 4.49. The van der Waals surface area contributed by atoms with Crippen LogP contribution in [0.5, 0.6) is 5.75 Å². The van der Waals surface area contributed by atoms with E-state index in [0.717, 1.165) is 69.8 Å². The van der Waals surface area contributed by atoms with Gasteiger partial charge in [0.25, 0.3) is 0 Å². The number of aryl methyl sites for hydroxylation is 1. The Labute approximate surface area is 187 Å². The molecule has 1 fully saturated rings. The van der Waals surface area contributed by atoms with Gasteiger partial charge in [-0.1, -0.05) is 12.1 Å². The quantitative estimate of drug-likeness (QED) is 0.580. The van der Waals surface area contributed by atoms with Gasteiger partial charge in [-0.25, -0.2) is 0 Å². The molecule has 2 aliphatic heterocycles. The second-order valence-electron chi connectivity index (χ2n) is 8.50. The van der Waals surface area contributed by atoms with Crippen LogP contribution in [-0.2, 0) is 11.2 Å². The van der Waals surface area contributed by atoms with Gasteiger partial charge >= 0.3 is 0 Å². The molecule has 3 heterocycles. The minimum absolute atomic E-state index is 0.175. The fraction of sp³-hybridized carbons (Fsp3) is 0.400. The molecule has 31 heavy (non-hydrogen) atoms. The molecule has 0 radical (unpaired) electrons. The third-order valence-electron chi connectivity index (χ3n) is 6.56. The minimum Gasteiger partial charge on any atom is -0.508 e. The number of aromatic hydroxyl groups is 1. The molecule has 3 aromatic rings. The van der Waals surface area contributed by atoms with Crippen molar-refractivity contribution in [2.24, 2.45) is 0 Å². The fourth-order valence-corrected chi connectivity index (χ4v) is 5.65. The normalized spacial score (nSPS) is 17.4. The topological polar surface area (TPSA) is 47.0 Å². The number of anilines is 2. The summed E-state index contributed by atoms with van der Waals surface area (Å²) in [4.78, 5) is 19.4. The van der Waals surface area contributed by atoms with Crippen molar-refractivity contribution in [3.05, 3.63) is 53.4 Å². The molecule has 0 bridgehead atoms. The summed E-state index contributed by atoms with van der Waals surface area (Å²) in [5.74, 6) is 0.406. The van der Waals surface area contributed by atoms with Gasteiger partial charge in [0.1, 0.15) is 5.75 Å². The Balaban J connectivity index is 1.11. The Morgan fingerprint density at radius 1 is 0.903 bits per heavy atom. The second kappa shape index (κ2) is 8.89. The highest BCUT2D eigenvalue weighted by atomic mass is 32.1. The number of nitrogens with zero attached hydrogens (tertiary/aromatic N) is 3. The van der Waals surface area contributed by atoms with Crippen molar-refractivity contribution in [3.8, 4) is 5.75 Å². The van der Waals surface area contributed by atoms with Crippen LogP contribution in [0.15, 0.2) is 47.8 Å². The highest BCUT2D eigenvalue weighted by Crippen LogP contribution is 2.32. The van der Waals surface area contributed by atoms with Gasteiger partial charge in [0, 0.05) is 61.0 Å². The van der Waals surface area contributed by atoms with Crippen LogP contribution < -0.4 is 9.80 Å². The van der Waals surface area contributed by atoms with Gasteiger partial charge in [0.2, 0.25) is 5.91 Å². The van der Waals surface area contributed by atoms with Crippen LogP contribution in [0.25, 0.3) is 10.1 Å². The average molecular weight is 436 g/mol. The lowest BCUT2D eigenvalue weighted by molar-refractivity contribution is -0.118. The molecule has 0 aliphatic carbocycles. The van der Waals surface area contributed by atoms with Crippen LogP contribution >= 0.6 is 11.3 Å². The largest absolute Gasteiger partial charge is 0.508 e. The summed E-state index contributed by atoms with van der Waals surface area (Å²) < 4.78 is 1.36. The Morgan fingerprint density at radius 3 is 2.61 bits per heavy atom. The van der Waals surface area contributed by atoms with Crippen molar-refractivity contribution in [1.29, 1.82) is 0 Å². The number of carbonyl (C=O) groups excluding carboxylic acids is 1. The van der Waals surface area contributed by atoms with E-state index < -0.39 is 0 Å². The average Bonchev–Trinajstić information content (AvgIpc) is 3.27. The molecular weight excluding hydrogens is 406 g/mol. The molecule has 0 atom stereocenters. The van der Waals surface area contributed by atoms with Gasteiger partial charge in [-0.2, -0.15) is 0 Å². The van der Waals surface area contributed by atoms with E-state index in [9.17, 15) is 9.90 Å². The SMILES string of the molecule is O=C1CCc2ccc(O)cc2N1CCCCN1CCN(c2cccc3sccc23)CC1. The van der Waals surface area contributed by atoms with Crippen molar-refractivity contribution in [2.75, 3.05) is 49.1 Å². The van der Waals surface area contributed by atoms with Crippen LogP contribution in [0.1, 0.15) is 24.8 Å². The Kier molecular flexibility index (Phi) is 5.83. The van der Waals surface area contributed by atoms with Crippen LogP contribution in [0.4, 0.5) is 11.4 Å². The Morgan fingerprint density at radius 2 is 1.74 bits per heavy atom. The van der Waals surface area contributed by atoms with Crippen LogP contribution in [0.2, 0.25) is 0 Å². The first-order chi connectivity index (χ1) is 15.2. The number of benzene rings is 2. The molecule has 1 saturated heterocycles. The van der Waals surface area contributed by atoms with E-state index in [1.807, 2.05) is 22.3 Å². The standard InChI is InChI=1S/C25H29N3O2S/c29-20-8-6-19-7-9-25(30)28(23(19)18-20)12-2-1-11-26-13-15-27(16-14-26)22-4-3-5-24-21(22)10-17-31-24/h3-6,8,10,17-18,29H,1-2,7,9,11-16H2. The van der Waals surface area contributed by atoms with Gasteiger partial charge in [-0.15, -0.1) is 11.3 Å². The molecule has 0 saturated carbocycles. The monoisotopic (exact) mass is 435 g/mol. The number of unbranched alkanes of at least 4 members (excludes halogenated alkanes) is 1. The maximum Gasteiger partial charge on any atom is 0.227 e. The van der Waals surface area contributed by atoms with Crippen molar-refractivity contribution >= 4 is 38.7 Å². The molecule has 0 spiro atoms. The zero-order valence-electron chi connectivity index (χ0n) is 17.8. The fourth-order valence-electron chi connectivity index (χ4n) is 4.84. The number of hydrogen-bond donors (Lipinski definition) is 1. The molecule has 5 nitrogen and oxygen atoms in total. The van der Waals surface area contributed by atoms with E-state index in [1.54, 1.807) is 12.1 Å². The summed E-state index contributed by atoms with van der Waals surface area (Å²) >= 11 is 1.81. The maximum absolute atomic E-state index is 12.4. The van der Waals surface area contributed by atoms with E-state index in [2.05, 4.69) is 39.4 Å². The van der Waals surface area contributed by atoms with Crippen molar-refractivity contribution < 1.29 is 9.90 Å². The van der Waals surface area contributed by atoms with E-state index in [0.29, 0.717) is 6.42 Å². The lowest BCUT2D eigenvalue weighted by Gasteiger charge is -2.36. The number of piperazine rings is 1. The first kappa shape index (κ1) is 20.3. The molecule has 6 heteroatoms. The van der Waals surface area contributed by atoms with E-state index in [4.69, 9.17) is 0 Å². The van der Waals surface area contributed by atoms with E-state index >= 15 is 0 Å². The molecular formula is C25H29N3O2S. The van der Waals surface area contributed by atoms with Crippen LogP contribution in [0.3, 0.4) is 0 Å². The number of thiophene rings is 1. The number of amides is 1. The Bertz CT molecular complexity index is 1070. The third kappa shape index (κ3) is 4.27. The summed E-state index contributed by atoms with van der Waals surface area (Å²) in [6, 6.07) is 14.2. The highest BCUT2D eigenvalue weighted by Gasteiger charge is 2.24. The zero-order valence-corrected chi connectivity index (χ0v) is 18.6. The number of rotatable bonds is 6. The summed E-state index contributed by atoms with van der Waals surface area (Å²) in [6.07, 6.45) is 3.40. The van der Waals surface area contributed by atoms with Crippen molar-refractivity contribution in [3.63, 3.8) is 0 Å². The van der Waals surface area contributed by atoms with Crippen LogP contribution in [0, 0.1) is 0 Å². The molecule has 2 aromatic carbocycles. The van der Waals surface area contributed by atoms with Crippen molar-refractivity contribution in [2.45, 2.75) is 25.7 Å². The summed E-state index contributed by atoms with van der Waals surface area (Å²) in [6.45, 7) is 6.10. The van der Waals surface area contributed by atoms with Gasteiger partial charge in [0.15, 0.2) is 0 Å². The molecule has 1 aromatic heterocycles. The molecule has 1 N–H and O–H groups in total. The number of hydrogen-bond acceptors (Lipinski definition) is 5. The first-order valence-electron chi connectivity index (χ1n) is 11.2. The van der Waals surface area contributed by atoms with Gasteiger partial charge in [-0.3, -0.25) is 9.69 Å². The maximum atomic E-state index is 12.4. The van der Waals surface area contributed by atoms with E-state index in [1.165, 1.54) is 15.8 Å². The number of fused-ring (bicyclic) bond motifs is 2. The van der Waals surface area contributed by atoms with Gasteiger partial charge in [0.05, 0.1) is 5.69 Å². The van der Waals surface area contributed by atoms with Gasteiger partial charge < -0.3 is 14.9 Å². The summed E-state index contributed by atoms with van der Waals surface area (Å²) in [5.41, 5.74) is 3.42. The summed E-state index contributed by atoms with van der Waals surface area (Å²) in [5, 5.41) is 13.4. The smallest absolute Gasteiger partial charge is 0.227 e. The number of phenols is 1. The van der Waals surface area contributed by atoms with E-state index in [-0.39, 0.29) is 11.7 Å². The first-order valence-corrected chi connectivity index (χ1v) is 12.1. The summed E-state index contributed by atoms with van der Waals surface area (Å²) in [7, 11) is 0. The number of carbonyl (C=O) groups is 1. The minimum atomic E-state index is 0.175. The molecule has 1 amide bonds. The van der Waals surface area contributed by atoms with Crippen LogP contribution in [-0.4, -0.2) is 55.2 Å². The molecule has 0 unspecified atom stereocenters. The lowest BCUT2D eigenvalue weighted by atomic mass is 10.0. The highest BCUT2D eigenvalue weighted by molar-refractivity contribution is 7.17. The second-order valence-corrected chi connectivity index (χ2v) is 9.45. The molecule has 2 aliphatic rings. The predicted molar refractivity (Wildman–Crippen MR) is 128 cm³/mol. The van der Waals surface area contributed by atoms with Gasteiger partial charge in [-0.05, 0) is 61.0 Å². The molecule has 5 rings (SSSR count).